The Kier molecular flexibility index (Phi) is 4.28. The lowest BCUT2D eigenvalue weighted by Gasteiger charge is -2.42. The van der Waals surface area contributed by atoms with Crippen molar-refractivity contribution in [2.45, 2.75) is 31.0 Å². The summed E-state index contributed by atoms with van der Waals surface area (Å²) in [7, 11) is 3.21. The Labute approximate surface area is 113 Å². The van der Waals surface area contributed by atoms with Gasteiger partial charge in [-0.05, 0) is 42.5 Å². The standard InChI is InChI=1S/C14H19ClO3/c1-17-13(18-2)14(9-16)7-3-4-10-8-11(15)5-6-12(10)14/h5-6,8,13,16H,3-4,7,9H2,1-2H3/t14-/m0/s1. The number of hydrogen-bond acceptors (Lipinski definition) is 3. The van der Waals surface area contributed by atoms with Gasteiger partial charge < -0.3 is 14.6 Å². The molecule has 0 bridgehead atoms. The first-order valence-electron chi connectivity index (χ1n) is 6.13. The smallest absolute Gasteiger partial charge is 0.168 e. The fourth-order valence-corrected chi connectivity index (χ4v) is 3.21. The summed E-state index contributed by atoms with van der Waals surface area (Å²) in [5.41, 5.74) is 1.79. The van der Waals surface area contributed by atoms with Gasteiger partial charge in [0.25, 0.3) is 0 Å². The van der Waals surface area contributed by atoms with Crippen molar-refractivity contribution in [1.82, 2.24) is 0 Å². The summed E-state index contributed by atoms with van der Waals surface area (Å²) in [6, 6.07) is 5.82. The summed E-state index contributed by atoms with van der Waals surface area (Å²) in [5.74, 6) is 0. The summed E-state index contributed by atoms with van der Waals surface area (Å²) in [5, 5.41) is 10.6. The van der Waals surface area contributed by atoms with Crippen LogP contribution in [-0.2, 0) is 21.3 Å². The molecule has 1 atom stereocenters. The van der Waals surface area contributed by atoms with Crippen molar-refractivity contribution in [2.24, 2.45) is 0 Å². The first kappa shape index (κ1) is 13.8. The second-order valence-electron chi connectivity index (χ2n) is 4.77. The zero-order chi connectivity index (χ0) is 13.2. The first-order chi connectivity index (χ1) is 8.67. The molecule has 4 heteroatoms. The van der Waals surface area contributed by atoms with Crippen molar-refractivity contribution in [3.8, 4) is 0 Å². The minimum Gasteiger partial charge on any atom is -0.395 e. The molecule has 0 heterocycles. The van der Waals surface area contributed by atoms with Crippen molar-refractivity contribution < 1.29 is 14.6 Å². The van der Waals surface area contributed by atoms with Crippen LogP contribution in [0.25, 0.3) is 0 Å². The maximum Gasteiger partial charge on any atom is 0.168 e. The molecule has 0 amide bonds. The van der Waals surface area contributed by atoms with Crippen LogP contribution in [0.1, 0.15) is 24.0 Å². The zero-order valence-corrected chi connectivity index (χ0v) is 11.5. The average Bonchev–Trinajstić information content (AvgIpc) is 2.39. The van der Waals surface area contributed by atoms with Gasteiger partial charge in [-0.25, -0.2) is 0 Å². The number of benzene rings is 1. The monoisotopic (exact) mass is 270 g/mol. The Morgan fingerprint density at radius 1 is 1.39 bits per heavy atom. The zero-order valence-electron chi connectivity index (χ0n) is 10.8. The molecule has 18 heavy (non-hydrogen) atoms. The van der Waals surface area contributed by atoms with E-state index in [4.69, 9.17) is 21.1 Å². The fourth-order valence-electron chi connectivity index (χ4n) is 3.01. The molecule has 2 rings (SSSR count). The molecule has 1 aromatic carbocycles. The molecule has 1 aromatic rings. The predicted octanol–water partition coefficient (Wildman–Crippen LogP) is 2.53. The fraction of sp³-hybridized carbons (Fsp3) is 0.571. The largest absolute Gasteiger partial charge is 0.395 e. The minimum atomic E-state index is -0.484. The van der Waals surface area contributed by atoms with Crippen LogP contribution in [0.2, 0.25) is 5.02 Å². The van der Waals surface area contributed by atoms with E-state index >= 15 is 0 Å². The number of aliphatic hydroxyl groups is 1. The predicted molar refractivity (Wildman–Crippen MR) is 71.0 cm³/mol. The number of ether oxygens (including phenoxy) is 2. The van der Waals surface area contributed by atoms with E-state index in [-0.39, 0.29) is 6.61 Å². The van der Waals surface area contributed by atoms with E-state index in [1.165, 1.54) is 5.56 Å². The van der Waals surface area contributed by atoms with Gasteiger partial charge in [-0.1, -0.05) is 17.7 Å². The number of halogens is 1. The molecule has 0 saturated carbocycles. The van der Waals surface area contributed by atoms with Gasteiger partial charge in [0.2, 0.25) is 0 Å². The Balaban J connectivity index is 2.51. The van der Waals surface area contributed by atoms with Gasteiger partial charge in [0.1, 0.15) is 0 Å². The van der Waals surface area contributed by atoms with Crippen molar-refractivity contribution in [1.29, 1.82) is 0 Å². The van der Waals surface area contributed by atoms with E-state index in [2.05, 4.69) is 0 Å². The van der Waals surface area contributed by atoms with Crippen LogP contribution in [-0.4, -0.2) is 32.2 Å². The third kappa shape index (κ3) is 2.16. The van der Waals surface area contributed by atoms with Crippen molar-refractivity contribution in [3.05, 3.63) is 34.3 Å². The van der Waals surface area contributed by atoms with Crippen LogP contribution < -0.4 is 0 Å². The van der Waals surface area contributed by atoms with Crippen LogP contribution in [0.3, 0.4) is 0 Å². The third-order valence-corrected chi connectivity index (χ3v) is 4.07. The number of aryl methyl sites for hydroxylation is 1. The summed E-state index contributed by atoms with van der Waals surface area (Å²) in [4.78, 5) is 0. The second kappa shape index (κ2) is 5.57. The SMILES string of the molecule is COC(OC)[C@]1(CO)CCCc2cc(Cl)ccc21. The minimum absolute atomic E-state index is 0.00792. The van der Waals surface area contributed by atoms with E-state index in [9.17, 15) is 5.11 Å². The summed E-state index contributed by atoms with van der Waals surface area (Å²) < 4.78 is 10.8. The second-order valence-corrected chi connectivity index (χ2v) is 5.21. The summed E-state index contributed by atoms with van der Waals surface area (Å²) in [6.45, 7) is 0.00792. The molecule has 0 radical (unpaired) electrons. The number of methoxy groups -OCH3 is 2. The van der Waals surface area contributed by atoms with Crippen molar-refractivity contribution in [2.75, 3.05) is 20.8 Å². The molecular formula is C14H19ClO3. The Bertz CT molecular complexity index is 418. The van der Waals surface area contributed by atoms with Gasteiger partial charge >= 0.3 is 0 Å². The van der Waals surface area contributed by atoms with E-state index in [1.807, 2.05) is 18.2 Å². The lowest BCUT2D eigenvalue weighted by molar-refractivity contribution is -0.164. The normalized spacial score (nSPS) is 23.2. The van der Waals surface area contributed by atoms with Gasteiger partial charge in [0.15, 0.2) is 6.29 Å². The molecule has 1 N–H and O–H groups in total. The highest BCUT2D eigenvalue weighted by Gasteiger charge is 2.43. The van der Waals surface area contributed by atoms with Gasteiger partial charge in [-0.3, -0.25) is 0 Å². The quantitative estimate of drug-likeness (QED) is 0.855. The van der Waals surface area contributed by atoms with E-state index < -0.39 is 11.7 Å². The number of hydrogen-bond donors (Lipinski definition) is 1. The maximum atomic E-state index is 9.90. The van der Waals surface area contributed by atoms with Gasteiger partial charge in [-0.2, -0.15) is 0 Å². The summed E-state index contributed by atoms with van der Waals surface area (Å²) >= 11 is 6.04. The van der Waals surface area contributed by atoms with Crippen LogP contribution in [0.5, 0.6) is 0 Å². The summed E-state index contributed by atoms with van der Waals surface area (Å²) in [6.07, 6.45) is 2.39. The lowest BCUT2D eigenvalue weighted by Crippen LogP contribution is -2.47. The van der Waals surface area contributed by atoms with Crippen molar-refractivity contribution >= 4 is 11.6 Å². The van der Waals surface area contributed by atoms with E-state index in [1.54, 1.807) is 14.2 Å². The molecule has 0 aliphatic heterocycles. The molecule has 100 valence electrons. The van der Waals surface area contributed by atoms with Gasteiger partial charge in [0, 0.05) is 19.2 Å². The highest BCUT2D eigenvalue weighted by atomic mass is 35.5. The number of fused-ring (bicyclic) bond motifs is 1. The van der Waals surface area contributed by atoms with Gasteiger partial charge in [-0.15, -0.1) is 0 Å². The third-order valence-electron chi connectivity index (χ3n) is 3.83. The molecule has 1 aliphatic carbocycles. The van der Waals surface area contributed by atoms with Crippen molar-refractivity contribution in [3.63, 3.8) is 0 Å². The average molecular weight is 271 g/mol. The molecule has 0 spiro atoms. The van der Waals surface area contributed by atoms with E-state index in [0.29, 0.717) is 0 Å². The molecule has 1 aliphatic rings. The topological polar surface area (TPSA) is 38.7 Å². The first-order valence-corrected chi connectivity index (χ1v) is 6.51. The molecule has 0 fully saturated rings. The Hall–Kier alpha value is -0.610. The molecule has 0 aromatic heterocycles. The number of rotatable bonds is 4. The Morgan fingerprint density at radius 3 is 2.72 bits per heavy atom. The highest BCUT2D eigenvalue weighted by molar-refractivity contribution is 6.30. The highest BCUT2D eigenvalue weighted by Crippen LogP contribution is 2.41. The van der Waals surface area contributed by atoms with Crippen LogP contribution in [0.4, 0.5) is 0 Å². The number of aliphatic hydroxyl groups excluding tert-OH is 1. The van der Waals surface area contributed by atoms with E-state index in [0.717, 1.165) is 29.8 Å². The van der Waals surface area contributed by atoms with Crippen LogP contribution >= 0.6 is 11.6 Å². The Morgan fingerprint density at radius 2 is 2.11 bits per heavy atom. The maximum absolute atomic E-state index is 9.90. The van der Waals surface area contributed by atoms with Gasteiger partial charge in [0.05, 0.1) is 12.0 Å². The molecule has 0 unspecified atom stereocenters. The lowest BCUT2D eigenvalue weighted by atomic mass is 9.70. The van der Waals surface area contributed by atoms with Crippen LogP contribution in [0.15, 0.2) is 18.2 Å². The molecule has 0 saturated heterocycles. The molecular weight excluding hydrogens is 252 g/mol. The molecule has 3 nitrogen and oxygen atoms in total. The van der Waals surface area contributed by atoms with Crippen LogP contribution in [0, 0.1) is 0 Å².